The van der Waals surface area contributed by atoms with Gasteiger partial charge in [-0.2, -0.15) is 0 Å². The molecule has 3 aromatic rings. The Balaban J connectivity index is 1.52. The van der Waals surface area contributed by atoms with E-state index in [1.807, 2.05) is 56.3 Å². The minimum atomic E-state index is -0.189. The van der Waals surface area contributed by atoms with Gasteiger partial charge in [0.15, 0.2) is 0 Å². The third-order valence-corrected chi connectivity index (χ3v) is 5.73. The lowest BCUT2D eigenvalue weighted by molar-refractivity contribution is -0.113. The second-order valence-electron chi connectivity index (χ2n) is 6.79. The number of nitrogens with one attached hydrogen (secondary N) is 2. The number of hydrogen-bond donors (Lipinski definition) is 2. The Labute approximate surface area is 180 Å². The Hall–Kier alpha value is -3.25. The number of aryl methyl sites for hydroxylation is 1. The molecule has 3 rings (SSSR count). The zero-order chi connectivity index (χ0) is 21.5. The number of carbonyl (C=O) groups is 2. The molecular weight excluding hydrogens is 396 g/mol. The van der Waals surface area contributed by atoms with Gasteiger partial charge >= 0.3 is 0 Å². The number of amides is 2. The highest BCUT2D eigenvalue weighted by Crippen LogP contribution is 2.23. The summed E-state index contributed by atoms with van der Waals surface area (Å²) in [4.78, 5) is 25.5. The van der Waals surface area contributed by atoms with E-state index in [0.29, 0.717) is 22.8 Å². The summed E-state index contributed by atoms with van der Waals surface area (Å²) in [5.74, 6) is 0.774. The van der Waals surface area contributed by atoms with Gasteiger partial charge in [-0.1, -0.05) is 12.1 Å². The summed E-state index contributed by atoms with van der Waals surface area (Å²) in [5, 5.41) is 5.82. The molecule has 0 atom stereocenters. The van der Waals surface area contributed by atoms with Crippen molar-refractivity contribution in [3.8, 4) is 5.75 Å². The van der Waals surface area contributed by atoms with E-state index < -0.39 is 0 Å². The normalized spacial score (nSPS) is 10.4. The molecule has 0 aromatic heterocycles. The Bertz CT molecular complexity index is 1030. The molecule has 0 aliphatic carbocycles. The van der Waals surface area contributed by atoms with Crippen molar-refractivity contribution in [2.75, 3.05) is 23.5 Å². The van der Waals surface area contributed by atoms with Crippen molar-refractivity contribution in [1.82, 2.24) is 0 Å². The van der Waals surface area contributed by atoms with Crippen LogP contribution in [0, 0.1) is 13.8 Å². The van der Waals surface area contributed by atoms with Crippen LogP contribution in [0.4, 0.5) is 11.4 Å². The van der Waals surface area contributed by atoms with Gasteiger partial charge in [0.1, 0.15) is 5.75 Å². The first-order valence-electron chi connectivity index (χ1n) is 9.50. The maximum absolute atomic E-state index is 12.3. The van der Waals surface area contributed by atoms with Crippen LogP contribution in [0.15, 0.2) is 71.6 Å². The van der Waals surface area contributed by atoms with Crippen molar-refractivity contribution < 1.29 is 14.3 Å². The molecule has 2 amide bonds. The Morgan fingerprint density at radius 2 is 1.60 bits per heavy atom. The molecule has 0 saturated carbocycles. The summed E-state index contributed by atoms with van der Waals surface area (Å²) in [5.41, 5.74) is 4.31. The maximum Gasteiger partial charge on any atom is 0.255 e. The van der Waals surface area contributed by atoms with Crippen LogP contribution in [-0.2, 0) is 4.79 Å². The zero-order valence-electron chi connectivity index (χ0n) is 17.2. The summed E-state index contributed by atoms with van der Waals surface area (Å²) in [6.45, 7) is 4.02. The molecule has 30 heavy (non-hydrogen) atoms. The summed E-state index contributed by atoms with van der Waals surface area (Å²) in [6.07, 6.45) is 0. The third-order valence-electron chi connectivity index (χ3n) is 4.71. The van der Waals surface area contributed by atoms with Crippen molar-refractivity contribution in [2.24, 2.45) is 0 Å². The number of benzene rings is 3. The van der Waals surface area contributed by atoms with Crippen LogP contribution in [0.25, 0.3) is 0 Å². The van der Waals surface area contributed by atoms with E-state index in [1.54, 1.807) is 31.4 Å². The monoisotopic (exact) mass is 420 g/mol. The minimum Gasteiger partial charge on any atom is -0.497 e. The minimum absolute atomic E-state index is 0.0504. The summed E-state index contributed by atoms with van der Waals surface area (Å²) < 4.78 is 5.10. The van der Waals surface area contributed by atoms with E-state index in [1.165, 1.54) is 11.8 Å². The van der Waals surface area contributed by atoms with Gasteiger partial charge in [-0.05, 0) is 79.6 Å². The fraction of sp³-hybridized carbons (Fsp3) is 0.167. The summed E-state index contributed by atoms with van der Waals surface area (Å²) in [7, 11) is 1.59. The molecule has 0 aliphatic heterocycles. The van der Waals surface area contributed by atoms with Crippen molar-refractivity contribution in [3.63, 3.8) is 0 Å². The molecule has 0 saturated heterocycles. The van der Waals surface area contributed by atoms with Crippen molar-refractivity contribution in [3.05, 3.63) is 83.4 Å². The highest BCUT2D eigenvalue weighted by molar-refractivity contribution is 8.00. The lowest BCUT2D eigenvalue weighted by atomic mass is 10.1. The Kier molecular flexibility index (Phi) is 7.14. The van der Waals surface area contributed by atoms with E-state index in [4.69, 9.17) is 4.74 Å². The van der Waals surface area contributed by atoms with Crippen LogP contribution in [0.2, 0.25) is 0 Å². The van der Waals surface area contributed by atoms with Gasteiger partial charge in [-0.15, -0.1) is 11.8 Å². The average molecular weight is 421 g/mol. The largest absolute Gasteiger partial charge is 0.497 e. The molecule has 0 bridgehead atoms. The van der Waals surface area contributed by atoms with Gasteiger partial charge in [0.2, 0.25) is 5.91 Å². The lowest BCUT2D eigenvalue weighted by Gasteiger charge is -2.10. The van der Waals surface area contributed by atoms with Crippen LogP contribution in [-0.4, -0.2) is 24.7 Å². The van der Waals surface area contributed by atoms with Crippen LogP contribution in [0.1, 0.15) is 21.5 Å². The third kappa shape index (κ3) is 5.64. The highest BCUT2D eigenvalue weighted by atomic mass is 32.2. The molecule has 0 aliphatic rings. The van der Waals surface area contributed by atoms with Gasteiger partial charge in [0, 0.05) is 21.8 Å². The Morgan fingerprint density at radius 1 is 0.900 bits per heavy atom. The van der Waals surface area contributed by atoms with Crippen LogP contribution in [0.5, 0.6) is 5.75 Å². The van der Waals surface area contributed by atoms with E-state index >= 15 is 0 Å². The van der Waals surface area contributed by atoms with Gasteiger partial charge in [-0.3, -0.25) is 9.59 Å². The van der Waals surface area contributed by atoms with E-state index in [-0.39, 0.29) is 11.8 Å². The second kappa shape index (κ2) is 9.98. The molecule has 0 unspecified atom stereocenters. The fourth-order valence-electron chi connectivity index (χ4n) is 2.80. The molecule has 0 fully saturated rings. The molecular formula is C24H24N2O3S. The predicted octanol–water partition coefficient (Wildman–Crippen LogP) is 5.30. The first-order valence-corrected chi connectivity index (χ1v) is 10.5. The van der Waals surface area contributed by atoms with Crippen LogP contribution in [0.3, 0.4) is 0 Å². The van der Waals surface area contributed by atoms with Gasteiger partial charge < -0.3 is 15.4 Å². The molecule has 0 spiro atoms. The standard InChI is InChI=1S/C24H24N2O3S/c1-16-5-4-6-22(17(16)2)26-23(27)15-30-21-13-9-19(10-14-21)25-24(28)18-7-11-20(29-3)12-8-18/h4-14H,15H2,1-3H3,(H,25,28)(H,26,27). The number of hydrogen-bond acceptors (Lipinski definition) is 4. The van der Waals surface area contributed by atoms with E-state index in [2.05, 4.69) is 10.6 Å². The maximum atomic E-state index is 12.3. The summed E-state index contributed by atoms with van der Waals surface area (Å²) in [6, 6.07) is 20.2. The zero-order valence-corrected chi connectivity index (χ0v) is 18.0. The molecule has 0 heterocycles. The van der Waals surface area contributed by atoms with Gasteiger partial charge in [0.25, 0.3) is 5.91 Å². The van der Waals surface area contributed by atoms with E-state index in [0.717, 1.165) is 21.7 Å². The fourth-order valence-corrected chi connectivity index (χ4v) is 3.50. The number of carbonyl (C=O) groups excluding carboxylic acids is 2. The quantitative estimate of drug-likeness (QED) is 0.509. The highest BCUT2D eigenvalue weighted by Gasteiger charge is 2.08. The molecule has 154 valence electrons. The molecule has 0 radical (unpaired) electrons. The number of anilines is 2. The predicted molar refractivity (Wildman–Crippen MR) is 123 cm³/mol. The molecule has 5 nitrogen and oxygen atoms in total. The molecule has 3 aromatic carbocycles. The van der Waals surface area contributed by atoms with Crippen molar-refractivity contribution in [1.29, 1.82) is 0 Å². The first kappa shape index (κ1) is 21.5. The van der Waals surface area contributed by atoms with Gasteiger partial charge in [-0.25, -0.2) is 0 Å². The van der Waals surface area contributed by atoms with Gasteiger partial charge in [0.05, 0.1) is 12.9 Å². The average Bonchev–Trinajstić information content (AvgIpc) is 2.76. The summed E-state index contributed by atoms with van der Waals surface area (Å²) >= 11 is 1.45. The van der Waals surface area contributed by atoms with Crippen LogP contribution >= 0.6 is 11.8 Å². The second-order valence-corrected chi connectivity index (χ2v) is 7.84. The smallest absolute Gasteiger partial charge is 0.255 e. The van der Waals surface area contributed by atoms with Crippen molar-refractivity contribution >= 4 is 35.0 Å². The Morgan fingerprint density at radius 3 is 2.27 bits per heavy atom. The molecule has 6 heteroatoms. The van der Waals surface area contributed by atoms with E-state index in [9.17, 15) is 9.59 Å². The van der Waals surface area contributed by atoms with Crippen LogP contribution < -0.4 is 15.4 Å². The number of thioether (sulfide) groups is 1. The number of rotatable bonds is 7. The molecule has 2 N–H and O–H groups in total. The number of ether oxygens (including phenoxy) is 1. The topological polar surface area (TPSA) is 67.4 Å². The first-order chi connectivity index (χ1) is 14.5. The SMILES string of the molecule is COc1ccc(C(=O)Nc2ccc(SCC(=O)Nc3cccc(C)c3C)cc2)cc1. The van der Waals surface area contributed by atoms with Crippen molar-refractivity contribution in [2.45, 2.75) is 18.7 Å². The lowest BCUT2D eigenvalue weighted by Crippen LogP contribution is -2.15. The number of methoxy groups -OCH3 is 1.